The second kappa shape index (κ2) is 8.12. The monoisotopic (exact) mass is 286 g/mol. The first-order chi connectivity index (χ1) is 9.29. The van der Waals surface area contributed by atoms with E-state index in [9.17, 15) is 4.79 Å². The van der Waals surface area contributed by atoms with Gasteiger partial charge in [0, 0.05) is 19.7 Å². The van der Waals surface area contributed by atoms with Gasteiger partial charge in [-0.2, -0.15) is 11.8 Å². The van der Waals surface area contributed by atoms with Gasteiger partial charge in [-0.3, -0.25) is 4.79 Å². The van der Waals surface area contributed by atoms with Crippen LogP contribution in [0.5, 0.6) is 0 Å². The van der Waals surface area contributed by atoms with Gasteiger partial charge in [-0.05, 0) is 56.2 Å². The van der Waals surface area contributed by atoms with E-state index in [1.807, 2.05) is 0 Å². The summed E-state index contributed by atoms with van der Waals surface area (Å²) in [7, 11) is 1.56. The molecule has 2 aliphatic heterocycles. The Morgan fingerprint density at radius 2 is 1.95 bits per heavy atom. The lowest BCUT2D eigenvalue weighted by Crippen LogP contribution is -2.45. The van der Waals surface area contributed by atoms with E-state index in [0.717, 1.165) is 12.6 Å². The van der Waals surface area contributed by atoms with Crippen LogP contribution in [0.25, 0.3) is 0 Å². The number of piperidine rings is 1. The van der Waals surface area contributed by atoms with Gasteiger partial charge in [0.1, 0.15) is 6.61 Å². The number of hydrogen-bond acceptors (Lipinski definition) is 4. The maximum absolute atomic E-state index is 11.3. The van der Waals surface area contributed by atoms with Crippen molar-refractivity contribution in [1.82, 2.24) is 10.2 Å². The molecule has 2 heterocycles. The smallest absolute Gasteiger partial charge is 0.245 e. The molecule has 2 fully saturated rings. The largest absolute Gasteiger partial charge is 0.375 e. The Labute approximate surface area is 120 Å². The first-order valence-electron chi connectivity index (χ1n) is 7.37. The lowest BCUT2D eigenvalue weighted by molar-refractivity contribution is -0.125. The van der Waals surface area contributed by atoms with E-state index in [1.54, 1.807) is 7.11 Å². The van der Waals surface area contributed by atoms with Crippen molar-refractivity contribution in [2.45, 2.75) is 31.7 Å². The molecule has 0 aromatic heterocycles. The van der Waals surface area contributed by atoms with E-state index >= 15 is 0 Å². The number of nitrogens with one attached hydrogen (secondary N) is 1. The fourth-order valence-electron chi connectivity index (χ4n) is 3.01. The van der Waals surface area contributed by atoms with Gasteiger partial charge in [0.25, 0.3) is 0 Å². The molecule has 1 N–H and O–H groups in total. The van der Waals surface area contributed by atoms with E-state index in [1.165, 1.54) is 50.3 Å². The van der Waals surface area contributed by atoms with Crippen LogP contribution in [0, 0.1) is 5.92 Å². The lowest BCUT2D eigenvalue weighted by Gasteiger charge is -2.39. The third-order valence-corrected chi connectivity index (χ3v) is 5.27. The molecule has 0 aliphatic carbocycles. The predicted molar refractivity (Wildman–Crippen MR) is 79.5 cm³/mol. The normalized spacial score (nSPS) is 23.4. The van der Waals surface area contributed by atoms with Crippen LogP contribution in [0.15, 0.2) is 0 Å². The van der Waals surface area contributed by atoms with Crippen molar-refractivity contribution in [2.24, 2.45) is 5.92 Å². The van der Waals surface area contributed by atoms with Crippen LogP contribution >= 0.6 is 11.8 Å². The molecule has 1 amide bonds. The summed E-state index contributed by atoms with van der Waals surface area (Å²) >= 11 is 2.09. The summed E-state index contributed by atoms with van der Waals surface area (Å²) in [4.78, 5) is 14.0. The highest BCUT2D eigenvalue weighted by atomic mass is 32.2. The van der Waals surface area contributed by atoms with Crippen LogP contribution in [0.2, 0.25) is 0 Å². The van der Waals surface area contributed by atoms with Crippen molar-refractivity contribution < 1.29 is 9.53 Å². The fourth-order valence-corrected chi connectivity index (χ4v) is 4.09. The van der Waals surface area contributed by atoms with E-state index in [2.05, 4.69) is 22.0 Å². The molecule has 0 radical (unpaired) electrons. The summed E-state index contributed by atoms with van der Waals surface area (Å²) in [5, 5.41) is 2.96. The summed E-state index contributed by atoms with van der Waals surface area (Å²) in [5.74, 6) is 3.32. The SMILES string of the molecule is COCC(=O)NCC1CCN(C2CCSCC2)CC1. The van der Waals surface area contributed by atoms with Crippen LogP contribution in [0.3, 0.4) is 0 Å². The molecule has 0 aromatic rings. The molecule has 5 heteroatoms. The zero-order valence-corrected chi connectivity index (χ0v) is 12.7. The molecule has 0 spiro atoms. The summed E-state index contributed by atoms with van der Waals surface area (Å²) in [6.45, 7) is 3.41. The van der Waals surface area contributed by atoms with Gasteiger partial charge in [0.2, 0.25) is 5.91 Å². The number of amides is 1. The van der Waals surface area contributed by atoms with E-state index in [4.69, 9.17) is 4.74 Å². The van der Waals surface area contributed by atoms with Crippen LogP contribution in [0.4, 0.5) is 0 Å². The molecule has 0 bridgehead atoms. The molecular formula is C14H26N2O2S. The highest BCUT2D eigenvalue weighted by Crippen LogP contribution is 2.26. The summed E-state index contributed by atoms with van der Waals surface area (Å²) in [5.41, 5.74) is 0. The highest BCUT2D eigenvalue weighted by molar-refractivity contribution is 7.99. The van der Waals surface area contributed by atoms with Gasteiger partial charge < -0.3 is 15.0 Å². The van der Waals surface area contributed by atoms with Crippen molar-refractivity contribution in [3.8, 4) is 0 Å². The number of likely N-dealkylation sites (tertiary alicyclic amines) is 1. The van der Waals surface area contributed by atoms with Gasteiger partial charge in [-0.15, -0.1) is 0 Å². The Bertz CT molecular complexity index is 275. The minimum absolute atomic E-state index is 0.00855. The number of carbonyl (C=O) groups excluding carboxylic acids is 1. The predicted octanol–water partition coefficient (Wildman–Crippen LogP) is 1.36. The maximum Gasteiger partial charge on any atom is 0.245 e. The fraction of sp³-hybridized carbons (Fsp3) is 0.929. The Kier molecular flexibility index (Phi) is 6.47. The zero-order chi connectivity index (χ0) is 13.5. The molecule has 0 unspecified atom stereocenters. The van der Waals surface area contributed by atoms with Crippen molar-refractivity contribution in [3.05, 3.63) is 0 Å². The molecular weight excluding hydrogens is 260 g/mol. The quantitative estimate of drug-likeness (QED) is 0.828. The first-order valence-corrected chi connectivity index (χ1v) is 8.52. The number of ether oxygens (including phenoxy) is 1. The molecule has 0 saturated carbocycles. The number of nitrogens with zero attached hydrogens (tertiary/aromatic N) is 1. The average Bonchev–Trinajstić information content (AvgIpc) is 2.47. The van der Waals surface area contributed by atoms with Gasteiger partial charge in [0.15, 0.2) is 0 Å². The van der Waals surface area contributed by atoms with Crippen molar-refractivity contribution in [2.75, 3.05) is 44.9 Å². The number of rotatable bonds is 5. The number of hydrogen-bond donors (Lipinski definition) is 1. The summed E-state index contributed by atoms with van der Waals surface area (Å²) in [6, 6.07) is 0.824. The molecule has 110 valence electrons. The van der Waals surface area contributed by atoms with Crippen molar-refractivity contribution in [1.29, 1.82) is 0 Å². The Balaban J connectivity index is 1.63. The number of methoxy groups -OCH3 is 1. The van der Waals surface area contributed by atoms with E-state index < -0.39 is 0 Å². The van der Waals surface area contributed by atoms with Crippen molar-refractivity contribution in [3.63, 3.8) is 0 Å². The van der Waals surface area contributed by atoms with Crippen LogP contribution < -0.4 is 5.32 Å². The molecule has 4 nitrogen and oxygen atoms in total. The molecule has 2 aliphatic rings. The Morgan fingerprint density at radius 3 is 2.58 bits per heavy atom. The van der Waals surface area contributed by atoms with Gasteiger partial charge in [-0.25, -0.2) is 0 Å². The number of carbonyl (C=O) groups is 1. The average molecular weight is 286 g/mol. The van der Waals surface area contributed by atoms with Crippen LogP contribution in [-0.2, 0) is 9.53 Å². The van der Waals surface area contributed by atoms with E-state index in [0.29, 0.717) is 5.92 Å². The molecule has 2 saturated heterocycles. The minimum atomic E-state index is 0.00855. The molecule has 2 rings (SSSR count). The molecule has 19 heavy (non-hydrogen) atoms. The maximum atomic E-state index is 11.3. The highest BCUT2D eigenvalue weighted by Gasteiger charge is 2.26. The topological polar surface area (TPSA) is 41.6 Å². The Hall–Kier alpha value is -0.260. The second-order valence-corrected chi connectivity index (χ2v) is 6.78. The zero-order valence-electron chi connectivity index (χ0n) is 11.9. The Morgan fingerprint density at radius 1 is 1.26 bits per heavy atom. The van der Waals surface area contributed by atoms with Crippen LogP contribution in [-0.4, -0.2) is 61.7 Å². The number of thioether (sulfide) groups is 1. The third-order valence-electron chi connectivity index (χ3n) is 4.22. The molecule has 0 aromatic carbocycles. The molecule has 0 atom stereocenters. The minimum Gasteiger partial charge on any atom is -0.375 e. The van der Waals surface area contributed by atoms with Crippen LogP contribution in [0.1, 0.15) is 25.7 Å². The standard InChI is InChI=1S/C14H26N2O2S/c1-18-11-14(17)15-10-12-2-6-16(7-3-12)13-4-8-19-9-5-13/h12-13H,2-11H2,1H3,(H,15,17). The van der Waals surface area contributed by atoms with Gasteiger partial charge >= 0.3 is 0 Å². The lowest BCUT2D eigenvalue weighted by atomic mass is 9.94. The van der Waals surface area contributed by atoms with Crippen molar-refractivity contribution >= 4 is 17.7 Å². The van der Waals surface area contributed by atoms with Gasteiger partial charge in [-0.1, -0.05) is 0 Å². The van der Waals surface area contributed by atoms with Gasteiger partial charge in [0.05, 0.1) is 0 Å². The summed E-state index contributed by atoms with van der Waals surface area (Å²) < 4.78 is 4.82. The first kappa shape index (κ1) is 15.1. The van der Waals surface area contributed by atoms with E-state index in [-0.39, 0.29) is 12.5 Å². The summed E-state index contributed by atoms with van der Waals surface area (Å²) in [6.07, 6.45) is 5.16. The third kappa shape index (κ3) is 4.97. The second-order valence-electron chi connectivity index (χ2n) is 5.56.